The van der Waals surface area contributed by atoms with Crippen LogP contribution in [0.1, 0.15) is 206 Å². The lowest BCUT2D eigenvalue weighted by Gasteiger charge is -2.39. The van der Waals surface area contributed by atoms with E-state index in [0.29, 0.717) is 13.0 Å². The van der Waals surface area contributed by atoms with Crippen molar-refractivity contribution in [1.82, 2.24) is 0 Å². The summed E-state index contributed by atoms with van der Waals surface area (Å²) in [6, 6.07) is 0. The average molecular weight is 669 g/mol. The highest BCUT2D eigenvalue weighted by atomic mass is 16.5. The molecule has 5 rings (SSSR count). The van der Waals surface area contributed by atoms with Gasteiger partial charge in [-0.2, -0.15) is 0 Å². The highest BCUT2D eigenvalue weighted by molar-refractivity contribution is 5.73. The number of hydrogen-bond acceptors (Lipinski definition) is 4. The largest absolute Gasteiger partial charge is 0.465 e. The van der Waals surface area contributed by atoms with Crippen molar-refractivity contribution in [1.29, 1.82) is 0 Å². The van der Waals surface area contributed by atoms with Gasteiger partial charge in [0.1, 0.15) is 6.10 Å². The lowest BCUT2D eigenvalue weighted by Crippen LogP contribution is -2.37. The van der Waals surface area contributed by atoms with Crippen LogP contribution in [0.5, 0.6) is 0 Å². The van der Waals surface area contributed by atoms with Gasteiger partial charge in [-0.05, 0) is 125 Å². The summed E-state index contributed by atoms with van der Waals surface area (Å²) < 4.78 is 12.3. The molecule has 0 aromatic carbocycles. The molecule has 5 saturated carbocycles. The van der Waals surface area contributed by atoms with Crippen molar-refractivity contribution in [2.75, 3.05) is 6.61 Å². The Morgan fingerprint density at radius 2 is 1.02 bits per heavy atom. The van der Waals surface area contributed by atoms with E-state index in [-0.39, 0.29) is 29.4 Å². The predicted molar refractivity (Wildman–Crippen MR) is 198 cm³/mol. The van der Waals surface area contributed by atoms with Crippen LogP contribution in [0.25, 0.3) is 0 Å². The number of carbonyl (C=O) groups excluding carboxylic acids is 2. The SMILES string of the molecule is CCCCCC1CCC(C2CCC(OC(=O)CC3(COC(=O)C4CCC(C5CCC(CCCCC)CC5)CC4)CCCCC3)CC2)CC1. The van der Waals surface area contributed by atoms with Crippen molar-refractivity contribution in [3.8, 4) is 0 Å². The first-order valence-corrected chi connectivity index (χ1v) is 21.8. The summed E-state index contributed by atoms with van der Waals surface area (Å²) in [5, 5.41) is 0. The van der Waals surface area contributed by atoms with Gasteiger partial charge in [-0.3, -0.25) is 9.59 Å². The van der Waals surface area contributed by atoms with Crippen LogP contribution < -0.4 is 0 Å². The van der Waals surface area contributed by atoms with Crippen molar-refractivity contribution in [3.63, 3.8) is 0 Å². The summed E-state index contributed by atoms with van der Waals surface area (Å²) in [7, 11) is 0. The van der Waals surface area contributed by atoms with E-state index < -0.39 is 0 Å². The summed E-state index contributed by atoms with van der Waals surface area (Å²) in [6.07, 6.45) is 37.5. The fraction of sp³-hybridized carbons (Fsp3) is 0.955. The summed E-state index contributed by atoms with van der Waals surface area (Å²) in [5.41, 5.74) is -0.217. The van der Waals surface area contributed by atoms with Crippen LogP contribution in [0, 0.1) is 46.8 Å². The number of unbranched alkanes of at least 4 members (excludes halogenated alkanes) is 4. The normalized spacial score (nSPS) is 34.3. The van der Waals surface area contributed by atoms with Crippen LogP contribution in [0.3, 0.4) is 0 Å². The van der Waals surface area contributed by atoms with E-state index >= 15 is 0 Å². The molecule has 5 aliphatic rings. The maximum Gasteiger partial charge on any atom is 0.308 e. The van der Waals surface area contributed by atoms with E-state index in [0.717, 1.165) is 86.9 Å². The third kappa shape index (κ3) is 11.7. The molecule has 4 heteroatoms. The predicted octanol–water partition coefficient (Wildman–Crippen LogP) is 12.6. The van der Waals surface area contributed by atoms with Gasteiger partial charge in [0, 0.05) is 5.41 Å². The van der Waals surface area contributed by atoms with Crippen molar-refractivity contribution >= 4 is 11.9 Å². The van der Waals surface area contributed by atoms with E-state index in [9.17, 15) is 9.59 Å². The van der Waals surface area contributed by atoms with Crippen LogP contribution in [-0.2, 0) is 19.1 Å². The molecule has 48 heavy (non-hydrogen) atoms. The number of esters is 2. The Balaban J connectivity index is 0.984. The molecule has 0 saturated heterocycles. The van der Waals surface area contributed by atoms with E-state index in [2.05, 4.69) is 13.8 Å². The highest BCUT2D eigenvalue weighted by Gasteiger charge is 2.40. The third-order valence-electron chi connectivity index (χ3n) is 14.6. The minimum atomic E-state index is -0.217. The average Bonchev–Trinajstić information content (AvgIpc) is 3.12. The molecule has 0 aromatic rings. The third-order valence-corrected chi connectivity index (χ3v) is 14.6. The molecule has 5 aliphatic carbocycles. The second-order valence-electron chi connectivity index (χ2n) is 18.0. The molecule has 0 unspecified atom stereocenters. The first kappa shape index (κ1) is 38.2. The quantitative estimate of drug-likeness (QED) is 0.121. The Morgan fingerprint density at radius 3 is 1.50 bits per heavy atom. The summed E-state index contributed by atoms with van der Waals surface area (Å²) in [4.78, 5) is 26.7. The molecule has 276 valence electrons. The molecule has 0 aliphatic heterocycles. The molecule has 0 heterocycles. The summed E-state index contributed by atoms with van der Waals surface area (Å²) in [5.74, 6) is 5.43. The van der Waals surface area contributed by atoms with Gasteiger partial charge in [0.25, 0.3) is 0 Å². The fourth-order valence-corrected chi connectivity index (χ4v) is 11.3. The Labute approximate surface area is 296 Å². The van der Waals surface area contributed by atoms with Gasteiger partial charge in [-0.25, -0.2) is 0 Å². The zero-order valence-corrected chi connectivity index (χ0v) is 31.7. The maximum atomic E-state index is 13.4. The summed E-state index contributed by atoms with van der Waals surface area (Å²) in [6.45, 7) is 5.02. The zero-order valence-electron chi connectivity index (χ0n) is 31.7. The second kappa shape index (κ2) is 20.1. The van der Waals surface area contributed by atoms with Gasteiger partial charge in [0.2, 0.25) is 0 Å². The summed E-state index contributed by atoms with van der Waals surface area (Å²) >= 11 is 0. The Bertz CT molecular complexity index is 906. The molecular formula is C44H76O4. The molecular weight excluding hydrogens is 592 g/mol. The molecule has 0 amide bonds. The lowest BCUT2D eigenvalue weighted by atomic mass is 9.68. The Kier molecular flexibility index (Phi) is 16.0. The van der Waals surface area contributed by atoms with Crippen molar-refractivity contribution in [2.24, 2.45) is 46.8 Å². The van der Waals surface area contributed by atoms with Gasteiger partial charge >= 0.3 is 11.9 Å². The minimum Gasteiger partial charge on any atom is -0.465 e. The molecule has 4 nitrogen and oxygen atoms in total. The lowest BCUT2D eigenvalue weighted by molar-refractivity contribution is -0.162. The molecule has 0 spiro atoms. The minimum absolute atomic E-state index is 0.0136. The fourth-order valence-electron chi connectivity index (χ4n) is 11.3. The van der Waals surface area contributed by atoms with Gasteiger partial charge in [-0.15, -0.1) is 0 Å². The zero-order chi connectivity index (χ0) is 33.6. The van der Waals surface area contributed by atoms with E-state index in [1.54, 1.807) is 0 Å². The molecule has 5 fully saturated rings. The topological polar surface area (TPSA) is 52.6 Å². The molecule has 0 radical (unpaired) electrons. The van der Waals surface area contributed by atoms with Gasteiger partial charge < -0.3 is 9.47 Å². The van der Waals surface area contributed by atoms with Crippen LogP contribution in [0.15, 0.2) is 0 Å². The van der Waals surface area contributed by atoms with Crippen molar-refractivity contribution in [2.45, 2.75) is 213 Å². The van der Waals surface area contributed by atoms with Crippen LogP contribution in [0.4, 0.5) is 0 Å². The monoisotopic (exact) mass is 669 g/mol. The van der Waals surface area contributed by atoms with Gasteiger partial charge in [0.05, 0.1) is 18.9 Å². The molecule has 0 bridgehead atoms. The number of rotatable bonds is 16. The number of carbonyl (C=O) groups is 2. The van der Waals surface area contributed by atoms with Gasteiger partial charge in [-0.1, -0.05) is 110 Å². The molecule has 0 atom stereocenters. The van der Waals surface area contributed by atoms with E-state index in [1.165, 1.54) is 135 Å². The van der Waals surface area contributed by atoms with Crippen LogP contribution >= 0.6 is 0 Å². The smallest absolute Gasteiger partial charge is 0.308 e. The number of hydrogen-bond donors (Lipinski definition) is 0. The second-order valence-corrected chi connectivity index (χ2v) is 18.0. The van der Waals surface area contributed by atoms with Gasteiger partial charge in [0.15, 0.2) is 0 Å². The van der Waals surface area contributed by atoms with Crippen LogP contribution in [-0.4, -0.2) is 24.6 Å². The van der Waals surface area contributed by atoms with Crippen molar-refractivity contribution < 1.29 is 19.1 Å². The Hall–Kier alpha value is -1.06. The number of ether oxygens (including phenoxy) is 2. The maximum absolute atomic E-state index is 13.4. The molecule has 0 N–H and O–H groups in total. The Morgan fingerprint density at radius 1 is 0.562 bits per heavy atom. The standard InChI is InChI=1S/C44H76O4/c1-3-5-8-12-34-14-18-36(19-15-34)38-22-24-40(25-23-38)43(46)47-33-44(30-10-7-11-31-44)32-42(45)48-41-28-26-39(27-29-41)37-20-16-35(17-21-37)13-9-6-4-2/h34-41H,3-33H2,1-2H3. The van der Waals surface area contributed by atoms with E-state index in [4.69, 9.17) is 9.47 Å². The van der Waals surface area contributed by atoms with E-state index in [1.807, 2.05) is 0 Å². The first-order valence-electron chi connectivity index (χ1n) is 21.8. The highest BCUT2D eigenvalue weighted by Crippen LogP contribution is 2.45. The molecule has 0 aromatic heterocycles. The first-order chi connectivity index (χ1) is 23.5. The van der Waals surface area contributed by atoms with Crippen molar-refractivity contribution in [3.05, 3.63) is 0 Å². The van der Waals surface area contributed by atoms with Crippen LogP contribution in [0.2, 0.25) is 0 Å².